The molecule has 0 radical (unpaired) electrons. The van der Waals surface area contributed by atoms with E-state index in [2.05, 4.69) is 22.2 Å². The highest BCUT2D eigenvalue weighted by Crippen LogP contribution is 2.21. The third kappa shape index (κ3) is 3.17. The van der Waals surface area contributed by atoms with Gasteiger partial charge >= 0.3 is 0 Å². The molecule has 0 spiro atoms. The Morgan fingerprint density at radius 2 is 2.24 bits per heavy atom. The van der Waals surface area contributed by atoms with E-state index in [1.165, 1.54) is 0 Å². The number of fused-ring (bicyclic) bond motifs is 1. The molecule has 5 heteroatoms. The molecule has 0 aliphatic carbocycles. The van der Waals surface area contributed by atoms with Crippen LogP contribution in [0.1, 0.15) is 23.2 Å². The SMILES string of the molecule is CN1CCCC(NC(=O)c2cc(Cl)nc3ccccc23)C1. The summed E-state index contributed by atoms with van der Waals surface area (Å²) in [6, 6.07) is 9.41. The summed E-state index contributed by atoms with van der Waals surface area (Å²) in [4.78, 5) is 19.1. The van der Waals surface area contributed by atoms with Gasteiger partial charge in [0.1, 0.15) is 5.15 Å². The Labute approximate surface area is 129 Å². The molecule has 1 fully saturated rings. The Morgan fingerprint density at radius 1 is 1.43 bits per heavy atom. The fourth-order valence-corrected chi connectivity index (χ4v) is 3.08. The zero-order chi connectivity index (χ0) is 14.8. The maximum absolute atomic E-state index is 12.6. The number of carbonyl (C=O) groups is 1. The summed E-state index contributed by atoms with van der Waals surface area (Å²) in [6.45, 7) is 1.98. The fourth-order valence-electron chi connectivity index (χ4n) is 2.88. The molecule has 0 saturated carbocycles. The Morgan fingerprint density at radius 3 is 3.05 bits per heavy atom. The van der Waals surface area contributed by atoms with Gasteiger partial charge in [0, 0.05) is 18.0 Å². The molecular weight excluding hydrogens is 286 g/mol. The number of hydrogen-bond donors (Lipinski definition) is 1. The topological polar surface area (TPSA) is 45.2 Å². The van der Waals surface area contributed by atoms with E-state index in [0.29, 0.717) is 10.7 Å². The van der Waals surface area contributed by atoms with Gasteiger partial charge in [0.05, 0.1) is 11.1 Å². The van der Waals surface area contributed by atoms with Crippen molar-refractivity contribution in [3.8, 4) is 0 Å². The summed E-state index contributed by atoms with van der Waals surface area (Å²) in [5.74, 6) is -0.0733. The van der Waals surface area contributed by atoms with Crippen molar-refractivity contribution in [1.82, 2.24) is 15.2 Å². The first kappa shape index (κ1) is 14.3. The smallest absolute Gasteiger partial charge is 0.252 e. The number of likely N-dealkylation sites (N-methyl/N-ethyl adjacent to an activating group) is 1. The van der Waals surface area contributed by atoms with Crippen molar-refractivity contribution in [2.45, 2.75) is 18.9 Å². The lowest BCUT2D eigenvalue weighted by Gasteiger charge is -2.30. The van der Waals surface area contributed by atoms with Crippen LogP contribution in [0.5, 0.6) is 0 Å². The number of likely N-dealkylation sites (tertiary alicyclic amines) is 1. The molecule has 1 unspecified atom stereocenters. The van der Waals surface area contributed by atoms with Crippen molar-refractivity contribution < 1.29 is 4.79 Å². The number of aromatic nitrogens is 1. The Kier molecular flexibility index (Phi) is 4.08. The van der Waals surface area contributed by atoms with Crippen molar-refractivity contribution >= 4 is 28.4 Å². The summed E-state index contributed by atoms with van der Waals surface area (Å²) in [5, 5.41) is 4.30. The van der Waals surface area contributed by atoms with Crippen LogP contribution in [0.3, 0.4) is 0 Å². The Balaban J connectivity index is 1.87. The third-order valence-electron chi connectivity index (χ3n) is 3.89. The van der Waals surface area contributed by atoms with Crippen LogP contribution in [0, 0.1) is 0 Å². The number of halogens is 1. The predicted molar refractivity (Wildman–Crippen MR) is 84.7 cm³/mol. The van der Waals surface area contributed by atoms with Crippen molar-refractivity contribution in [3.63, 3.8) is 0 Å². The van der Waals surface area contributed by atoms with Crippen molar-refractivity contribution in [2.24, 2.45) is 0 Å². The van der Waals surface area contributed by atoms with E-state index in [9.17, 15) is 4.79 Å². The number of benzene rings is 1. The molecule has 1 saturated heterocycles. The van der Waals surface area contributed by atoms with E-state index < -0.39 is 0 Å². The number of rotatable bonds is 2. The van der Waals surface area contributed by atoms with Gasteiger partial charge in [-0.25, -0.2) is 4.98 Å². The van der Waals surface area contributed by atoms with Gasteiger partial charge in [-0.05, 0) is 38.6 Å². The first-order valence-corrected chi connectivity index (χ1v) is 7.56. The lowest BCUT2D eigenvalue weighted by atomic mass is 10.0. The first-order chi connectivity index (χ1) is 10.1. The molecule has 2 heterocycles. The van der Waals surface area contributed by atoms with Crippen LogP contribution in [0.4, 0.5) is 0 Å². The molecule has 1 aliphatic rings. The van der Waals surface area contributed by atoms with E-state index in [4.69, 9.17) is 11.6 Å². The molecule has 0 bridgehead atoms. The number of nitrogens with zero attached hydrogens (tertiary/aromatic N) is 2. The van der Waals surface area contributed by atoms with Gasteiger partial charge in [-0.2, -0.15) is 0 Å². The maximum atomic E-state index is 12.6. The van der Waals surface area contributed by atoms with Gasteiger partial charge in [0.2, 0.25) is 0 Å². The van der Waals surface area contributed by atoms with Crippen molar-refractivity contribution in [2.75, 3.05) is 20.1 Å². The number of piperidine rings is 1. The highest BCUT2D eigenvalue weighted by molar-refractivity contribution is 6.30. The summed E-state index contributed by atoms with van der Waals surface area (Å²) < 4.78 is 0. The number of carbonyl (C=O) groups excluding carboxylic acids is 1. The van der Waals surface area contributed by atoms with Crippen molar-refractivity contribution in [3.05, 3.63) is 41.0 Å². The van der Waals surface area contributed by atoms with Crippen LogP contribution >= 0.6 is 11.6 Å². The molecule has 1 aromatic heterocycles. The minimum atomic E-state index is -0.0733. The standard InChI is InChI=1S/C16H18ClN3O/c1-20-8-4-5-11(10-20)18-16(21)13-9-15(17)19-14-7-3-2-6-12(13)14/h2-3,6-7,9,11H,4-5,8,10H2,1H3,(H,18,21). The van der Waals surface area contributed by atoms with E-state index in [1.807, 2.05) is 24.3 Å². The van der Waals surface area contributed by atoms with Crippen LogP contribution in [0.2, 0.25) is 5.15 Å². The van der Waals surface area contributed by atoms with E-state index in [1.54, 1.807) is 6.07 Å². The van der Waals surface area contributed by atoms with Gasteiger partial charge < -0.3 is 10.2 Å². The quantitative estimate of drug-likeness (QED) is 0.868. The van der Waals surface area contributed by atoms with Crippen molar-refractivity contribution in [1.29, 1.82) is 0 Å². The minimum Gasteiger partial charge on any atom is -0.348 e. The molecule has 110 valence electrons. The molecular formula is C16H18ClN3O. The molecule has 1 N–H and O–H groups in total. The van der Waals surface area contributed by atoms with Gasteiger partial charge in [-0.1, -0.05) is 29.8 Å². The van der Waals surface area contributed by atoms with Gasteiger partial charge in [-0.15, -0.1) is 0 Å². The molecule has 1 atom stereocenters. The van der Waals surface area contributed by atoms with E-state index in [-0.39, 0.29) is 11.9 Å². The second-order valence-corrected chi connectivity index (χ2v) is 5.97. The van der Waals surface area contributed by atoms with Gasteiger partial charge in [0.25, 0.3) is 5.91 Å². The summed E-state index contributed by atoms with van der Waals surface area (Å²) in [6.07, 6.45) is 2.13. The molecule has 4 nitrogen and oxygen atoms in total. The maximum Gasteiger partial charge on any atom is 0.252 e. The summed E-state index contributed by atoms with van der Waals surface area (Å²) >= 11 is 6.03. The molecule has 1 amide bonds. The second kappa shape index (κ2) is 6.00. The first-order valence-electron chi connectivity index (χ1n) is 7.18. The largest absolute Gasteiger partial charge is 0.348 e. The normalized spacial score (nSPS) is 19.6. The second-order valence-electron chi connectivity index (χ2n) is 5.58. The zero-order valence-electron chi connectivity index (χ0n) is 12.0. The lowest BCUT2D eigenvalue weighted by molar-refractivity contribution is 0.0914. The monoisotopic (exact) mass is 303 g/mol. The molecule has 1 aliphatic heterocycles. The average molecular weight is 304 g/mol. The highest BCUT2D eigenvalue weighted by atomic mass is 35.5. The lowest BCUT2D eigenvalue weighted by Crippen LogP contribution is -2.46. The molecule has 1 aromatic carbocycles. The van der Waals surface area contributed by atoms with E-state index >= 15 is 0 Å². The molecule has 21 heavy (non-hydrogen) atoms. The highest BCUT2D eigenvalue weighted by Gasteiger charge is 2.21. The van der Waals surface area contributed by atoms with Crippen LogP contribution in [-0.4, -0.2) is 42.0 Å². The Hall–Kier alpha value is -1.65. The van der Waals surface area contributed by atoms with Crippen LogP contribution in [-0.2, 0) is 0 Å². The minimum absolute atomic E-state index is 0.0733. The molecule has 2 aromatic rings. The number of amides is 1. The summed E-state index contributed by atoms with van der Waals surface area (Å²) in [5.41, 5.74) is 1.34. The van der Waals surface area contributed by atoms with Crippen LogP contribution in [0.25, 0.3) is 10.9 Å². The van der Waals surface area contributed by atoms with Crippen LogP contribution in [0.15, 0.2) is 30.3 Å². The Bertz CT molecular complexity index is 674. The van der Waals surface area contributed by atoms with Crippen LogP contribution < -0.4 is 5.32 Å². The fraction of sp³-hybridized carbons (Fsp3) is 0.375. The number of nitrogens with one attached hydrogen (secondary N) is 1. The van der Waals surface area contributed by atoms with E-state index in [0.717, 1.165) is 36.8 Å². The zero-order valence-corrected chi connectivity index (χ0v) is 12.7. The number of hydrogen-bond acceptors (Lipinski definition) is 3. The molecule has 3 rings (SSSR count). The van der Waals surface area contributed by atoms with Gasteiger partial charge in [-0.3, -0.25) is 4.79 Å². The predicted octanol–water partition coefficient (Wildman–Crippen LogP) is 2.71. The number of pyridine rings is 1. The average Bonchev–Trinajstić information content (AvgIpc) is 2.46. The third-order valence-corrected chi connectivity index (χ3v) is 4.08. The summed E-state index contributed by atoms with van der Waals surface area (Å²) in [7, 11) is 2.08. The number of para-hydroxylation sites is 1. The van der Waals surface area contributed by atoms with Gasteiger partial charge in [0.15, 0.2) is 0 Å².